The van der Waals surface area contributed by atoms with Gasteiger partial charge in [-0.3, -0.25) is 4.79 Å². The third-order valence-corrected chi connectivity index (χ3v) is 2.72. The predicted octanol–water partition coefficient (Wildman–Crippen LogP) is 3.98. The molecule has 0 aliphatic carbocycles. The van der Waals surface area contributed by atoms with E-state index in [0.29, 0.717) is 0 Å². The zero-order valence-corrected chi connectivity index (χ0v) is 10.8. The first-order chi connectivity index (χ1) is 7.30. The molecule has 0 fully saturated rings. The molecule has 0 unspecified atom stereocenters. The maximum atomic E-state index is 11.1. The van der Waals surface area contributed by atoms with Gasteiger partial charge in [-0.1, -0.05) is 45.0 Å². The summed E-state index contributed by atoms with van der Waals surface area (Å²) >= 11 is 0. The van der Waals surface area contributed by atoms with Crippen molar-refractivity contribution < 1.29 is 4.79 Å². The van der Waals surface area contributed by atoms with Crippen molar-refractivity contribution in [3.05, 3.63) is 41.0 Å². The van der Waals surface area contributed by atoms with Gasteiger partial charge in [-0.25, -0.2) is 0 Å². The smallest absolute Gasteiger partial charge is 0.155 e. The lowest BCUT2D eigenvalue weighted by atomic mass is 9.86. The standard InChI is InChI=1S/C15H20O/c1-11(12(2)16)10-13-6-8-14(9-7-13)15(3,4)5/h6-10H,1-5H3/b11-10+. The normalized spacial score (nSPS) is 12.7. The lowest BCUT2D eigenvalue weighted by Crippen LogP contribution is -2.10. The van der Waals surface area contributed by atoms with Crippen LogP contribution in [0.1, 0.15) is 45.7 Å². The Morgan fingerprint density at radius 2 is 1.56 bits per heavy atom. The van der Waals surface area contributed by atoms with Crippen LogP contribution in [0.2, 0.25) is 0 Å². The Labute approximate surface area is 98.2 Å². The summed E-state index contributed by atoms with van der Waals surface area (Å²) in [6.45, 7) is 10.0. The first-order valence-corrected chi connectivity index (χ1v) is 5.60. The van der Waals surface area contributed by atoms with E-state index in [-0.39, 0.29) is 11.2 Å². The van der Waals surface area contributed by atoms with Crippen LogP contribution in [0, 0.1) is 0 Å². The Balaban J connectivity index is 2.97. The molecular formula is C15H20O. The molecule has 86 valence electrons. The minimum atomic E-state index is 0.125. The van der Waals surface area contributed by atoms with Gasteiger partial charge in [0.05, 0.1) is 0 Å². The van der Waals surface area contributed by atoms with Crippen molar-refractivity contribution in [2.75, 3.05) is 0 Å². The molecule has 1 aromatic rings. The fourth-order valence-corrected chi connectivity index (χ4v) is 1.43. The van der Waals surface area contributed by atoms with E-state index in [1.807, 2.05) is 13.0 Å². The lowest BCUT2D eigenvalue weighted by molar-refractivity contribution is -0.113. The van der Waals surface area contributed by atoms with Crippen LogP contribution in [0.25, 0.3) is 6.08 Å². The summed E-state index contributed by atoms with van der Waals surface area (Å²) in [5, 5.41) is 0. The first-order valence-electron chi connectivity index (χ1n) is 5.60. The van der Waals surface area contributed by atoms with E-state index in [1.54, 1.807) is 6.92 Å². The zero-order chi connectivity index (χ0) is 12.3. The Morgan fingerprint density at radius 1 is 1.06 bits per heavy atom. The fraction of sp³-hybridized carbons (Fsp3) is 0.400. The van der Waals surface area contributed by atoms with E-state index < -0.39 is 0 Å². The van der Waals surface area contributed by atoms with Crippen molar-refractivity contribution in [3.8, 4) is 0 Å². The van der Waals surface area contributed by atoms with Gasteiger partial charge >= 0.3 is 0 Å². The molecule has 16 heavy (non-hydrogen) atoms. The van der Waals surface area contributed by atoms with E-state index in [9.17, 15) is 4.79 Å². The molecule has 0 saturated carbocycles. The summed E-state index contributed by atoms with van der Waals surface area (Å²) in [5.74, 6) is 0.125. The average Bonchev–Trinajstić information content (AvgIpc) is 2.17. The number of ketones is 1. The number of hydrogen-bond acceptors (Lipinski definition) is 1. The van der Waals surface area contributed by atoms with Crippen LogP contribution < -0.4 is 0 Å². The Bertz CT molecular complexity index is 402. The van der Waals surface area contributed by atoms with E-state index in [1.165, 1.54) is 5.56 Å². The molecule has 1 nitrogen and oxygen atoms in total. The topological polar surface area (TPSA) is 17.1 Å². The van der Waals surface area contributed by atoms with Crippen LogP contribution >= 0.6 is 0 Å². The van der Waals surface area contributed by atoms with Gasteiger partial charge in [0.15, 0.2) is 5.78 Å². The SMILES string of the molecule is CC(=O)/C(C)=C/c1ccc(C(C)(C)C)cc1. The minimum Gasteiger partial charge on any atom is -0.295 e. The van der Waals surface area contributed by atoms with Gasteiger partial charge in [0.25, 0.3) is 0 Å². The molecule has 0 radical (unpaired) electrons. The van der Waals surface area contributed by atoms with Gasteiger partial charge in [0.2, 0.25) is 0 Å². The third-order valence-electron chi connectivity index (χ3n) is 2.72. The van der Waals surface area contributed by atoms with E-state index in [0.717, 1.165) is 11.1 Å². The number of hydrogen-bond donors (Lipinski definition) is 0. The summed E-state index contributed by atoms with van der Waals surface area (Å²) in [6.07, 6.45) is 1.93. The number of rotatable bonds is 2. The van der Waals surface area contributed by atoms with Crippen LogP contribution in [0.4, 0.5) is 0 Å². The molecular weight excluding hydrogens is 196 g/mol. The van der Waals surface area contributed by atoms with Crippen molar-refractivity contribution in [2.24, 2.45) is 0 Å². The summed E-state index contributed by atoms with van der Waals surface area (Å²) in [5.41, 5.74) is 3.37. The highest BCUT2D eigenvalue weighted by atomic mass is 16.1. The van der Waals surface area contributed by atoms with Gasteiger partial charge in [0.1, 0.15) is 0 Å². The van der Waals surface area contributed by atoms with Gasteiger partial charge in [0, 0.05) is 0 Å². The Hall–Kier alpha value is -1.37. The zero-order valence-electron chi connectivity index (χ0n) is 10.8. The maximum Gasteiger partial charge on any atom is 0.155 e. The Kier molecular flexibility index (Phi) is 3.69. The molecule has 0 saturated heterocycles. The Morgan fingerprint density at radius 3 is 1.94 bits per heavy atom. The molecule has 0 bridgehead atoms. The number of Topliss-reactive ketones (excluding diaryl/α,β-unsaturated/α-hetero) is 1. The average molecular weight is 216 g/mol. The molecule has 0 aliphatic heterocycles. The van der Waals surface area contributed by atoms with Gasteiger partial charge in [-0.2, -0.15) is 0 Å². The molecule has 0 spiro atoms. The monoisotopic (exact) mass is 216 g/mol. The summed E-state index contributed by atoms with van der Waals surface area (Å²) in [7, 11) is 0. The molecule has 0 heterocycles. The predicted molar refractivity (Wildman–Crippen MR) is 69.5 cm³/mol. The molecule has 0 amide bonds. The second-order valence-corrected chi connectivity index (χ2v) is 5.26. The highest BCUT2D eigenvalue weighted by Gasteiger charge is 2.12. The van der Waals surface area contributed by atoms with Crippen LogP contribution in [0.5, 0.6) is 0 Å². The lowest BCUT2D eigenvalue weighted by Gasteiger charge is -2.18. The van der Waals surface area contributed by atoms with Gasteiger partial charge in [-0.15, -0.1) is 0 Å². The van der Waals surface area contributed by atoms with Crippen molar-refractivity contribution in [2.45, 2.75) is 40.0 Å². The van der Waals surface area contributed by atoms with Gasteiger partial charge < -0.3 is 0 Å². The summed E-state index contributed by atoms with van der Waals surface area (Å²) in [6, 6.07) is 8.37. The van der Waals surface area contributed by atoms with Crippen molar-refractivity contribution in [1.82, 2.24) is 0 Å². The van der Waals surface area contributed by atoms with Crippen molar-refractivity contribution in [3.63, 3.8) is 0 Å². The van der Waals surface area contributed by atoms with Crippen LogP contribution in [0.15, 0.2) is 29.8 Å². The molecule has 1 aromatic carbocycles. The van der Waals surface area contributed by atoms with Crippen LogP contribution in [-0.2, 0) is 10.2 Å². The van der Waals surface area contributed by atoms with E-state index >= 15 is 0 Å². The highest BCUT2D eigenvalue weighted by molar-refractivity contribution is 5.97. The molecule has 1 heteroatoms. The third kappa shape index (κ3) is 3.34. The fourth-order valence-electron chi connectivity index (χ4n) is 1.43. The van der Waals surface area contributed by atoms with Crippen molar-refractivity contribution >= 4 is 11.9 Å². The first kappa shape index (κ1) is 12.7. The number of carbonyl (C=O) groups excluding carboxylic acids is 1. The van der Waals surface area contributed by atoms with Crippen molar-refractivity contribution in [1.29, 1.82) is 0 Å². The molecule has 1 rings (SSSR count). The second kappa shape index (κ2) is 4.65. The van der Waals surface area contributed by atoms with E-state index in [4.69, 9.17) is 0 Å². The summed E-state index contributed by atoms with van der Waals surface area (Å²) < 4.78 is 0. The quantitative estimate of drug-likeness (QED) is 0.683. The van der Waals surface area contributed by atoms with E-state index in [2.05, 4.69) is 45.0 Å². The minimum absolute atomic E-state index is 0.125. The number of benzene rings is 1. The number of carbonyl (C=O) groups is 1. The largest absolute Gasteiger partial charge is 0.295 e. The molecule has 0 N–H and O–H groups in total. The van der Waals surface area contributed by atoms with Crippen LogP contribution in [0.3, 0.4) is 0 Å². The molecule has 0 atom stereocenters. The second-order valence-electron chi connectivity index (χ2n) is 5.26. The molecule has 0 aromatic heterocycles. The maximum absolute atomic E-state index is 11.1. The number of allylic oxidation sites excluding steroid dienone is 1. The molecule has 0 aliphatic rings. The summed E-state index contributed by atoms with van der Waals surface area (Å²) in [4.78, 5) is 11.1. The van der Waals surface area contributed by atoms with Gasteiger partial charge in [-0.05, 0) is 42.0 Å². The van der Waals surface area contributed by atoms with Crippen LogP contribution in [-0.4, -0.2) is 5.78 Å². The highest BCUT2D eigenvalue weighted by Crippen LogP contribution is 2.22.